The van der Waals surface area contributed by atoms with Crippen molar-refractivity contribution in [1.82, 2.24) is 0 Å². The van der Waals surface area contributed by atoms with Crippen molar-refractivity contribution < 1.29 is 0 Å². The molecule has 0 amide bonds. The van der Waals surface area contributed by atoms with Gasteiger partial charge in [-0.2, -0.15) is 0 Å². The zero-order valence-electron chi connectivity index (χ0n) is 9.03. The molecule has 1 rings (SSSR count). The monoisotopic (exact) mass is 192 g/mol. The Balaban J connectivity index is 2.57. The van der Waals surface area contributed by atoms with Crippen molar-refractivity contribution in [3.8, 4) is 0 Å². The molecule has 0 aliphatic rings. The van der Waals surface area contributed by atoms with E-state index in [0.717, 1.165) is 12.1 Å². The van der Waals surface area contributed by atoms with Crippen molar-refractivity contribution in [2.75, 3.05) is 11.9 Å². The highest BCUT2D eigenvalue weighted by atomic mass is 14.9. The zero-order valence-corrected chi connectivity index (χ0v) is 9.03. The van der Waals surface area contributed by atoms with Crippen LogP contribution in [0, 0.1) is 5.92 Å². The number of benzene rings is 1. The lowest BCUT2D eigenvalue weighted by atomic mass is 9.99. The zero-order chi connectivity index (χ0) is 10.4. The van der Waals surface area contributed by atoms with Gasteiger partial charge < -0.3 is 11.1 Å². The Labute approximate surface area is 86.5 Å². The lowest BCUT2D eigenvalue weighted by Gasteiger charge is -2.23. The van der Waals surface area contributed by atoms with Crippen LogP contribution < -0.4 is 11.1 Å². The van der Waals surface area contributed by atoms with Crippen LogP contribution in [0.2, 0.25) is 0 Å². The largest absolute Gasteiger partial charge is 0.381 e. The van der Waals surface area contributed by atoms with Gasteiger partial charge in [-0.3, -0.25) is 0 Å². The molecule has 3 N–H and O–H groups in total. The summed E-state index contributed by atoms with van der Waals surface area (Å²) in [5, 5.41) is 3.45. The maximum Gasteiger partial charge on any atom is 0.0409 e. The number of nitrogens with two attached hydrogens (primary N) is 1. The van der Waals surface area contributed by atoms with Crippen LogP contribution in [0.5, 0.6) is 0 Å². The molecule has 2 unspecified atom stereocenters. The van der Waals surface area contributed by atoms with E-state index in [9.17, 15) is 0 Å². The molecule has 1 aromatic rings. The molecule has 78 valence electrons. The first-order chi connectivity index (χ1) is 6.77. The van der Waals surface area contributed by atoms with Gasteiger partial charge in [0.1, 0.15) is 0 Å². The highest BCUT2D eigenvalue weighted by Gasteiger charge is 2.12. The third kappa shape index (κ3) is 3.04. The second kappa shape index (κ2) is 5.66. The summed E-state index contributed by atoms with van der Waals surface area (Å²) >= 11 is 0. The number of anilines is 1. The molecule has 2 heteroatoms. The topological polar surface area (TPSA) is 38.0 Å². The summed E-state index contributed by atoms with van der Waals surface area (Å²) in [7, 11) is 0. The predicted molar refractivity (Wildman–Crippen MR) is 62.4 cm³/mol. The van der Waals surface area contributed by atoms with Gasteiger partial charge in [0.15, 0.2) is 0 Å². The van der Waals surface area contributed by atoms with Gasteiger partial charge in [0.25, 0.3) is 0 Å². The summed E-state index contributed by atoms with van der Waals surface area (Å²) in [6, 6.07) is 10.6. The van der Waals surface area contributed by atoms with Crippen LogP contribution in [0.25, 0.3) is 0 Å². The highest BCUT2D eigenvalue weighted by molar-refractivity contribution is 5.43. The van der Waals surface area contributed by atoms with Crippen LogP contribution in [-0.2, 0) is 0 Å². The lowest BCUT2D eigenvalue weighted by molar-refractivity contribution is 0.474. The number of nitrogens with one attached hydrogen (secondary N) is 1. The number of rotatable bonds is 5. The van der Waals surface area contributed by atoms with Crippen molar-refractivity contribution in [3.05, 3.63) is 30.3 Å². The molecule has 14 heavy (non-hydrogen) atoms. The molecule has 0 radical (unpaired) electrons. The molecule has 0 bridgehead atoms. The second-order valence-electron chi connectivity index (χ2n) is 3.74. The molecule has 2 nitrogen and oxygen atoms in total. The second-order valence-corrected chi connectivity index (χ2v) is 3.74. The minimum Gasteiger partial charge on any atom is -0.381 e. The first kappa shape index (κ1) is 11.1. The van der Waals surface area contributed by atoms with Crippen molar-refractivity contribution in [2.24, 2.45) is 11.7 Å². The van der Waals surface area contributed by atoms with Crippen LogP contribution >= 0.6 is 0 Å². The summed E-state index contributed by atoms with van der Waals surface area (Å²) in [6.07, 6.45) is 1.15. The lowest BCUT2D eigenvalue weighted by Crippen LogP contribution is -2.34. The molecule has 1 aromatic carbocycles. The molecular weight excluding hydrogens is 172 g/mol. The summed E-state index contributed by atoms with van der Waals surface area (Å²) in [5.41, 5.74) is 6.89. The molecule has 0 heterocycles. The van der Waals surface area contributed by atoms with E-state index < -0.39 is 0 Å². The van der Waals surface area contributed by atoms with Gasteiger partial charge in [0.2, 0.25) is 0 Å². The van der Waals surface area contributed by atoms with Gasteiger partial charge in [0.05, 0.1) is 0 Å². The molecule has 0 spiro atoms. The fourth-order valence-corrected chi connectivity index (χ4v) is 1.47. The Hall–Kier alpha value is -1.02. The molecular formula is C12H20N2. The molecule has 2 atom stereocenters. The van der Waals surface area contributed by atoms with Gasteiger partial charge in [-0.05, 0) is 18.1 Å². The van der Waals surface area contributed by atoms with E-state index in [0.29, 0.717) is 18.5 Å². The van der Waals surface area contributed by atoms with Gasteiger partial charge in [0, 0.05) is 18.3 Å². The van der Waals surface area contributed by atoms with E-state index in [1.165, 1.54) is 0 Å². The Kier molecular flexibility index (Phi) is 4.47. The van der Waals surface area contributed by atoms with E-state index in [4.69, 9.17) is 5.73 Å². The van der Waals surface area contributed by atoms with Gasteiger partial charge in [-0.1, -0.05) is 38.5 Å². The Morgan fingerprint density at radius 1 is 1.29 bits per heavy atom. The minimum atomic E-state index is 0.377. The van der Waals surface area contributed by atoms with Gasteiger partial charge in [-0.25, -0.2) is 0 Å². The van der Waals surface area contributed by atoms with Crippen LogP contribution in [0.15, 0.2) is 30.3 Å². The molecule has 0 aliphatic carbocycles. The Morgan fingerprint density at radius 2 is 1.93 bits per heavy atom. The maximum absolute atomic E-state index is 5.73. The SMILES string of the molecule is CCC(C)C(CN)Nc1ccccc1. The van der Waals surface area contributed by atoms with Gasteiger partial charge in [-0.15, -0.1) is 0 Å². The Morgan fingerprint density at radius 3 is 2.43 bits per heavy atom. The minimum absolute atomic E-state index is 0.377. The number of hydrogen-bond acceptors (Lipinski definition) is 2. The third-order valence-corrected chi connectivity index (χ3v) is 2.71. The normalized spacial score (nSPS) is 14.8. The molecule has 0 saturated heterocycles. The molecule has 0 aliphatic heterocycles. The van der Waals surface area contributed by atoms with E-state index in [1.807, 2.05) is 18.2 Å². The number of para-hydroxylation sites is 1. The summed E-state index contributed by atoms with van der Waals surface area (Å²) in [4.78, 5) is 0. The standard InChI is InChI=1S/C12H20N2/c1-3-10(2)12(9-13)14-11-7-5-4-6-8-11/h4-8,10,12,14H,3,9,13H2,1-2H3. The highest BCUT2D eigenvalue weighted by Crippen LogP contribution is 2.13. The predicted octanol–water partition coefficient (Wildman–Crippen LogP) is 2.47. The van der Waals surface area contributed by atoms with Crippen LogP contribution in [0.4, 0.5) is 5.69 Å². The van der Waals surface area contributed by atoms with E-state index >= 15 is 0 Å². The quantitative estimate of drug-likeness (QED) is 0.752. The molecule has 0 aromatic heterocycles. The van der Waals surface area contributed by atoms with E-state index in [1.54, 1.807) is 0 Å². The van der Waals surface area contributed by atoms with Gasteiger partial charge >= 0.3 is 0 Å². The molecule has 0 fully saturated rings. The molecule has 0 saturated carbocycles. The first-order valence-electron chi connectivity index (χ1n) is 5.29. The van der Waals surface area contributed by atoms with E-state index in [-0.39, 0.29) is 0 Å². The first-order valence-corrected chi connectivity index (χ1v) is 5.29. The fraction of sp³-hybridized carbons (Fsp3) is 0.500. The van der Waals surface area contributed by atoms with Crippen molar-refractivity contribution in [2.45, 2.75) is 26.3 Å². The van der Waals surface area contributed by atoms with Crippen molar-refractivity contribution >= 4 is 5.69 Å². The van der Waals surface area contributed by atoms with Crippen LogP contribution in [0.3, 0.4) is 0 Å². The van der Waals surface area contributed by atoms with Crippen LogP contribution in [-0.4, -0.2) is 12.6 Å². The van der Waals surface area contributed by atoms with Crippen LogP contribution in [0.1, 0.15) is 20.3 Å². The summed E-state index contributed by atoms with van der Waals surface area (Å²) < 4.78 is 0. The van der Waals surface area contributed by atoms with Crippen molar-refractivity contribution in [1.29, 1.82) is 0 Å². The number of hydrogen-bond donors (Lipinski definition) is 2. The summed E-state index contributed by atoms with van der Waals surface area (Å²) in [5.74, 6) is 0.611. The van der Waals surface area contributed by atoms with E-state index in [2.05, 4.69) is 31.3 Å². The fourth-order valence-electron chi connectivity index (χ4n) is 1.47. The maximum atomic E-state index is 5.73. The Bertz CT molecular complexity index is 246. The van der Waals surface area contributed by atoms with Crippen molar-refractivity contribution in [3.63, 3.8) is 0 Å². The third-order valence-electron chi connectivity index (χ3n) is 2.71. The average Bonchev–Trinajstić information content (AvgIpc) is 2.26. The smallest absolute Gasteiger partial charge is 0.0409 e. The average molecular weight is 192 g/mol. The summed E-state index contributed by atoms with van der Waals surface area (Å²) in [6.45, 7) is 5.11.